The summed E-state index contributed by atoms with van der Waals surface area (Å²) in [6.07, 6.45) is 3.91. The first kappa shape index (κ1) is 19.4. The lowest BCUT2D eigenvalue weighted by molar-refractivity contribution is 0.122. The Bertz CT molecular complexity index is 1100. The fourth-order valence-corrected chi connectivity index (χ4v) is 5.00. The first-order valence-corrected chi connectivity index (χ1v) is 11.2. The number of piperidine rings is 1. The van der Waals surface area contributed by atoms with Crippen LogP contribution in [0.2, 0.25) is 0 Å². The Morgan fingerprint density at radius 1 is 1.30 bits per heavy atom. The number of aryl methyl sites for hydroxylation is 1. The van der Waals surface area contributed by atoms with Crippen LogP contribution in [0, 0.1) is 6.92 Å². The molecule has 0 aliphatic carbocycles. The third-order valence-electron chi connectivity index (χ3n) is 5.56. The maximum atomic E-state index is 13.2. The van der Waals surface area contributed by atoms with Crippen LogP contribution in [0.25, 0.3) is 20.8 Å². The highest BCUT2D eigenvalue weighted by molar-refractivity contribution is 7.21. The molecule has 158 valence electrons. The number of fused-ring (bicyclic) bond motifs is 1. The van der Waals surface area contributed by atoms with Gasteiger partial charge in [-0.15, -0.1) is 11.3 Å². The van der Waals surface area contributed by atoms with Gasteiger partial charge in [0.1, 0.15) is 21.9 Å². The first-order chi connectivity index (χ1) is 14.7. The van der Waals surface area contributed by atoms with Gasteiger partial charge in [0.05, 0.1) is 23.6 Å². The Kier molecular flexibility index (Phi) is 5.36. The lowest BCUT2D eigenvalue weighted by Crippen LogP contribution is -2.40. The quantitative estimate of drug-likeness (QED) is 0.578. The third kappa shape index (κ3) is 3.78. The van der Waals surface area contributed by atoms with Crippen LogP contribution in [0.15, 0.2) is 17.1 Å². The van der Waals surface area contributed by atoms with Crippen molar-refractivity contribution in [2.45, 2.75) is 25.8 Å². The van der Waals surface area contributed by atoms with Crippen molar-refractivity contribution in [1.82, 2.24) is 25.3 Å². The van der Waals surface area contributed by atoms with Crippen LogP contribution >= 0.6 is 11.3 Å². The topological polar surface area (TPSA) is 108 Å². The van der Waals surface area contributed by atoms with E-state index in [0.717, 1.165) is 41.8 Å². The fraction of sp³-hybridized carbons (Fsp3) is 0.500. The molecule has 2 fully saturated rings. The van der Waals surface area contributed by atoms with Crippen LogP contribution in [0.3, 0.4) is 0 Å². The molecule has 3 aromatic heterocycles. The second-order valence-corrected chi connectivity index (χ2v) is 8.69. The Balaban J connectivity index is 1.60. The van der Waals surface area contributed by atoms with Crippen molar-refractivity contribution in [1.29, 1.82) is 0 Å². The number of thiazole rings is 1. The smallest absolute Gasteiger partial charge is 0.264 e. The lowest BCUT2D eigenvalue weighted by atomic mass is 10.1. The second kappa shape index (κ2) is 8.29. The molecule has 0 bridgehead atoms. The average molecular weight is 428 g/mol. The molecule has 1 unspecified atom stereocenters. The molecule has 5 rings (SSSR count). The van der Waals surface area contributed by atoms with Gasteiger partial charge in [0.25, 0.3) is 5.56 Å². The molecule has 0 amide bonds. The largest absolute Gasteiger partial charge is 0.378 e. The average Bonchev–Trinajstić information content (AvgIpc) is 3.20. The van der Waals surface area contributed by atoms with Crippen molar-refractivity contribution in [3.8, 4) is 10.6 Å². The summed E-state index contributed by atoms with van der Waals surface area (Å²) < 4.78 is 6.45. The van der Waals surface area contributed by atoms with Crippen LogP contribution in [0.5, 0.6) is 0 Å². The van der Waals surface area contributed by atoms with E-state index in [9.17, 15) is 4.79 Å². The van der Waals surface area contributed by atoms with Crippen molar-refractivity contribution in [3.05, 3.63) is 28.3 Å². The maximum Gasteiger partial charge on any atom is 0.264 e. The molecular weight excluding hydrogens is 402 g/mol. The number of aromatic nitrogens is 4. The molecule has 0 spiro atoms. The van der Waals surface area contributed by atoms with Crippen LogP contribution < -0.4 is 21.1 Å². The van der Waals surface area contributed by atoms with Gasteiger partial charge in [0.2, 0.25) is 5.95 Å². The van der Waals surface area contributed by atoms with E-state index < -0.39 is 0 Å². The normalized spacial score (nSPS) is 19.9. The fourth-order valence-electron chi connectivity index (χ4n) is 3.95. The molecule has 2 aliphatic rings. The molecule has 3 aromatic rings. The number of hydrogen-bond acceptors (Lipinski definition) is 9. The highest BCUT2D eigenvalue weighted by atomic mass is 32.1. The van der Waals surface area contributed by atoms with Gasteiger partial charge in [0, 0.05) is 31.9 Å². The van der Waals surface area contributed by atoms with Gasteiger partial charge in [-0.3, -0.25) is 14.8 Å². The van der Waals surface area contributed by atoms with Gasteiger partial charge >= 0.3 is 0 Å². The molecule has 0 saturated carbocycles. The van der Waals surface area contributed by atoms with E-state index in [2.05, 4.69) is 25.5 Å². The number of pyridine rings is 1. The van der Waals surface area contributed by atoms with E-state index >= 15 is 0 Å². The first-order valence-electron chi connectivity index (χ1n) is 10.4. The molecule has 1 atom stereocenters. The van der Waals surface area contributed by atoms with Crippen LogP contribution in [0.1, 0.15) is 18.5 Å². The summed E-state index contributed by atoms with van der Waals surface area (Å²) >= 11 is 1.50. The molecule has 5 heterocycles. The maximum absolute atomic E-state index is 13.2. The molecule has 3 N–H and O–H groups in total. The van der Waals surface area contributed by atoms with Gasteiger partial charge in [-0.05, 0) is 32.4 Å². The van der Waals surface area contributed by atoms with Gasteiger partial charge in [-0.25, -0.2) is 4.98 Å². The van der Waals surface area contributed by atoms with Gasteiger partial charge < -0.3 is 20.3 Å². The zero-order valence-corrected chi connectivity index (χ0v) is 17.7. The number of aromatic amines is 1. The minimum absolute atomic E-state index is 0.178. The van der Waals surface area contributed by atoms with E-state index in [4.69, 9.17) is 14.7 Å². The SMILES string of the molecule is Cc1nccc2sc(-c3c(NC4CCCNC4)nc(N4CCOCC4)[nH]c3=O)nc12. The molecule has 0 aromatic carbocycles. The third-order valence-corrected chi connectivity index (χ3v) is 6.60. The highest BCUT2D eigenvalue weighted by Gasteiger charge is 2.24. The van der Waals surface area contributed by atoms with Crippen molar-refractivity contribution in [2.24, 2.45) is 0 Å². The van der Waals surface area contributed by atoms with E-state index in [0.29, 0.717) is 48.6 Å². The molecule has 2 aliphatic heterocycles. The summed E-state index contributed by atoms with van der Waals surface area (Å²) in [5.41, 5.74) is 2.01. The Labute approximate surface area is 177 Å². The van der Waals surface area contributed by atoms with Crippen LogP contribution in [-0.4, -0.2) is 65.4 Å². The molecule has 0 radical (unpaired) electrons. The molecule has 30 heavy (non-hydrogen) atoms. The molecular formula is C20H25N7O2S. The summed E-state index contributed by atoms with van der Waals surface area (Å²) in [5, 5.41) is 7.60. The van der Waals surface area contributed by atoms with E-state index in [1.54, 1.807) is 6.20 Å². The van der Waals surface area contributed by atoms with E-state index in [-0.39, 0.29) is 11.6 Å². The predicted octanol–water partition coefficient (Wildman–Crippen LogP) is 1.75. The van der Waals surface area contributed by atoms with Crippen molar-refractivity contribution in [3.63, 3.8) is 0 Å². The van der Waals surface area contributed by atoms with Crippen molar-refractivity contribution in [2.75, 3.05) is 49.6 Å². The number of ether oxygens (including phenoxy) is 1. The Hall–Kier alpha value is -2.56. The summed E-state index contributed by atoms with van der Waals surface area (Å²) in [7, 11) is 0. The number of anilines is 2. The standard InChI is InChI=1S/C20H25N7O2S/c1-12-16-14(4-6-22-12)30-19(24-16)15-17(23-13-3-2-5-21-11-13)25-20(26-18(15)28)27-7-9-29-10-8-27/h4,6,13,21H,2-3,5,7-11H2,1H3,(H2,23,25,26,28). The van der Waals surface area contributed by atoms with Gasteiger partial charge in [-0.2, -0.15) is 4.98 Å². The molecule has 9 nitrogen and oxygen atoms in total. The summed E-state index contributed by atoms with van der Waals surface area (Å²) in [6, 6.07) is 2.16. The van der Waals surface area contributed by atoms with Crippen molar-refractivity contribution >= 4 is 33.3 Å². The van der Waals surface area contributed by atoms with Crippen LogP contribution in [-0.2, 0) is 4.74 Å². The van der Waals surface area contributed by atoms with Gasteiger partial charge in [-0.1, -0.05) is 0 Å². The van der Waals surface area contributed by atoms with Crippen molar-refractivity contribution < 1.29 is 4.74 Å². The second-order valence-electron chi connectivity index (χ2n) is 7.66. The predicted molar refractivity (Wildman–Crippen MR) is 119 cm³/mol. The molecule has 10 heteroatoms. The molecule has 2 saturated heterocycles. The zero-order valence-electron chi connectivity index (χ0n) is 16.9. The summed E-state index contributed by atoms with van der Waals surface area (Å²) in [6.45, 7) is 6.48. The Morgan fingerprint density at radius 3 is 2.93 bits per heavy atom. The minimum atomic E-state index is -0.178. The van der Waals surface area contributed by atoms with E-state index in [1.807, 2.05) is 13.0 Å². The number of morpholine rings is 1. The number of nitrogens with zero attached hydrogens (tertiary/aromatic N) is 4. The minimum Gasteiger partial charge on any atom is -0.378 e. The monoisotopic (exact) mass is 427 g/mol. The summed E-state index contributed by atoms with van der Waals surface area (Å²) in [5.74, 6) is 1.18. The van der Waals surface area contributed by atoms with Crippen LogP contribution in [0.4, 0.5) is 11.8 Å². The number of nitrogens with one attached hydrogen (secondary N) is 3. The van der Waals surface area contributed by atoms with E-state index in [1.165, 1.54) is 11.3 Å². The number of rotatable bonds is 4. The zero-order chi connectivity index (χ0) is 20.5. The number of H-pyrrole nitrogens is 1. The van der Waals surface area contributed by atoms with Gasteiger partial charge in [0.15, 0.2) is 0 Å². The Morgan fingerprint density at radius 2 is 2.17 bits per heavy atom. The highest BCUT2D eigenvalue weighted by Crippen LogP contribution is 2.33. The number of hydrogen-bond donors (Lipinski definition) is 3. The summed E-state index contributed by atoms with van der Waals surface area (Å²) in [4.78, 5) is 32.2. The lowest BCUT2D eigenvalue weighted by Gasteiger charge is -2.29.